The number of carboxylic acid groups (broad SMARTS) is 1. The van der Waals surface area contributed by atoms with Gasteiger partial charge in [-0.25, -0.2) is 4.79 Å². The third kappa shape index (κ3) is 4.06. The SMILES string of the molecule is CCOc1cc(/C=C2\SC(=S)N(c3cccc(C(=O)O)c3)C2=O)cc(Br)c1[O-]. The topological polar surface area (TPSA) is 89.9 Å². The third-order valence-electron chi connectivity index (χ3n) is 3.77. The number of carboxylic acids is 1. The molecule has 28 heavy (non-hydrogen) atoms. The average Bonchev–Trinajstić information content (AvgIpc) is 2.93. The molecule has 0 aliphatic carbocycles. The molecule has 1 amide bonds. The summed E-state index contributed by atoms with van der Waals surface area (Å²) < 4.78 is 5.96. The largest absolute Gasteiger partial charge is 0.869 e. The molecule has 1 fully saturated rings. The molecular weight excluding hydrogens is 466 g/mol. The Kier molecular flexibility index (Phi) is 6.07. The first-order chi connectivity index (χ1) is 13.3. The summed E-state index contributed by atoms with van der Waals surface area (Å²) in [5, 5.41) is 21.2. The number of halogens is 1. The van der Waals surface area contributed by atoms with Gasteiger partial charge in [0.2, 0.25) is 0 Å². The molecule has 1 saturated heterocycles. The van der Waals surface area contributed by atoms with Gasteiger partial charge in [0.15, 0.2) is 4.32 Å². The zero-order valence-electron chi connectivity index (χ0n) is 14.5. The fraction of sp³-hybridized carbons (Fsp3) is 0.105. The lowest BCUT2D eigenvalue weighted by atomic mass is 10.1. The van der Waals surface area contributed by atoms with Gasteiger partial charge in [0.1, 0.15) is 5.75 Å². The van der Waals surface area contributed by atoms with Gasteiger partial charge in [0, 0.05) is 4.47 Å². The van der Waals surface area contributed by atoms with E-state index in [4.69, 9.17) is 22.1 Å². The van der Waals surface area contributed by atoms with Crippen LogP contribution in [0.4, 0.5) is 5.69 Å². The molecular formula is C19H13BrNO5S2-. The van der Waals surface area contributed by atoms with Crippen molar-refractivity contribution in [3.05, 3.63) is 56.9 Å². The number of anilines is 1. The van der Waals surface area contributed by atoms with Crippen LogP contribution in [0, 0.1) is 0 Å². The van der Waals surface area contributed by atoms with Crippen molar-refractivity contribution in [1.29, 1.82) is 0 Å². The number of carbonyl (C=O) groups excluding carboxylic acids is 1. The van der Waals surface area contributed by atoms with Crippen molar-refractivity contribution < 1.29 is 24.5 Å². The summed E-state index contributed by atoms with van der Waals surface area (Å²) in [6, 6.07) is 9.18. The molecule has 6 nitrogen and oxygen atoms in total. The number of ether oxygens (including phenoxy) is 1. The molecule has 9 heteroatoms. The number of carbonyl (C=O) groups is 2. The normalized spacial score (nSPS) is 15.4. The Morgan fingerprint density at radius 2 is 2.14 bits per heavy atom. The number of thioether (sulfide) groups is 1. The lowest BCUT2D eigenvalue weighted by Crippen LogP contribution is -2.27. The fourth-order valence-corrected chi connectivity index (χ4v) is 4.31. The summed E-state index contributed by atoms with van der Waals surface area (Å²) in [5.74, 6) is -1.53. The van der Waals surface area contributed by atoms with Gasteiger partial charge in [-0.2, -0.15) is 0 Å². The second-order valence-corrected chi connectivity index (χ2v) is 8.17. The van der Waals surface area contributed by atoms with Crippen molar-refractivity contribution in [1.82, 2.24) is 0 Å². The minimum atomic E-state index is -1.09. The van der Waals surface area contributed by atoms with Gasteiger partial charge in [-0.15, -0.1) is 0 Å². The predicted molar refractivity (Wildman–Crippen MR) is 114 cm³/mol. The lowest BCUT2D eigenvalue weighted by Gasteiger charge is -2.17. The van der Waals surface area contributed by atoms with E-state index >= 15 is 0 Å². The Hall–Kier alpha value is -2.36. The zero-order valence-corrected chi connectivity index (χ0v) is 17.7. The molecule has 0 atom stereocenters. The van der Waals surface area contributed by atoms with E-state index < -0.39 is 5.97 Å². The number of thiocarbonyl (C=S) groups is 1. The van der Waals surface area contributed by atoms with Crippen LogP contribution < -0.4 is 14.7 Å². The third-order valence-corrected chi connectivity index (χ3v) is 5.67. The van der Waals surface area contributed by atoms with Gasteiger partial charge < -0.3 is 14.9 Å². The quantitative estimate of drug-likeness (QED) is 0.512. The number of nitrogens with zero attached hydrogens (tertiary/aromatic N) is 1. The molecule has 0 radical (unpaired) electrons. The summed E-state index contributed by atoms with van der Waals surface area (Å²) >= 11 is 9.62. The Balaban J connectivity index is 1.96. The molecule has 0 spiro atoms. The zero-order chi connectivity index (χ0) is 20.4. The van der Waals surface area contributed by atoms with Crippen molar-refractivity contribution in [3.8, 4) is 11.5 Å². The number of aromatic carboxylic acids is 1. The molecule has 0 saturated carbocycles. The van der Waals surface area contributed by atoms with Gasteiger partial charge in [-0.05, 0) is 48.9 Å². The van der Waals surface area contributed by atoms with E-state index in [0.29, 0.717) is 31.6 Å². The molecule has 0 bridgehead atoms. The molecule has 3 rings (SSSR count). The Bertz CT molecular complexity index is 1020. The lowest BCUT2D eigenvalue weighted by molar-refractivity contribution is -0.271. The molecule has 1 heterocycles. The van der Waals surface area contributed by atoms with E-state index in [1.165, 1.54) is 17.0 Å². The van der Waals surface area contributed by atoms with Crippen molar-refractivity contribution in [2.75, 3.05) is 11.5 Å². The molecule has 2 aromatic carbocycles. The predicted octanol–water partition coefficient (Wildman–Crippen LogP) is 4.03. The van der Waals surface area contributed by atoms with Crippen LogP contribution >= 0.6 is 39.9 Å². The van der Waals surface area contributed by atoms with Crippen molar-refractivity contribution in [3.63, 3.8) is 0 Å². The number of rotatable bonds is 5. The van der Waals surface area contributed by atoms with E-state index in [9.17, 15) is 14.7 Å². The summed E-state index contributed by atoms with van der Waals surface area (Å²) in [6.07, 6.45) is 1.62. The van der Waals surface area contributed by atoms with Crippen LogP contribution in [0.3, 0.4) is 0 Å². The summed E-state index contributed by atoms with van der Waals surface area (Å²) in [6.45, 7) is 2.11. The number of benzene rings is 2. The second-order valence-electron chi connectivity index (χ2n) is 5.64. The summed E-state index contributed by atoms with van der Waals surface area (Å²) in [4.78, 5) is 25.7. The van der Waals surface area contributed by atoms with E-state index in [0.717, 1.165) is 11.8 Å². The van der Waals surface area contributed by atoms with Crippen LogP contribution in [0.5, 0.6) is 11.5 Å². The van der Waals surface area contributed by atoms with Crippen LogP contribution in [-0.4, -0.2) is 27.9 Å². The Morgan fingerprint density at radius 1 is 1.39 bits per heavy atom. The molecule has 2 aromatic rings. The van der Waals surface area contributed by atoms with Crippen molar-refractivity contribution in [2.45, 2.75) is 6.92 Å². The van der Waals surface area contributed by atoms with E-state index in [-0.39, 0.29) is 23.0 Å². The van der Waals surface area contributed by atoms with Gasteiger partial charge in [0.25, 0.3) is 5.91 Å². The van der Waals surface area contributed by atoms with E-state index in [2.05, 4.69) is 15.9 Å². The van der Waals surface area contributed by atoms with Gasteiger partial charge in [-0.3, -0.25) is 9.69 Å². The first kappa shape index (κ1) is 20.4. The van der Waals surface area contributed by atoms with Gasteiger partial charge in [0.05, 0.1) is 22.8 Å². The maximum Gasteiger partial charge on any atom is 0.335 e. The smallest absolute Gasteiger partial charge is 0.335 e. The van der Waals surface area contributed by atoms with E-state index in [1.54, 1.807) is 37.3 Å². The van der Waals surface area contributed by atoms with Crippen molar-refractivity contribution in [2.24, 2.45) is 0 Å². The second kappa shape index (κ2) is 8.34. The maximum absolute atomic E-state index is 12.9. The van der Waals surface area contributed by atoms with Gasteiger partial charge >= 0.3 is 5.97 Å². The van der Waals surface area contributed by atoms with Crippen LogP contribution in [0.2, 0.25) is 0 Å². The highest BCUT2D eigenvalue weighted by molar-refractivity contribution is 9.10. The highest BCUT2D eigenvalue weighted by atomic mass is 79.9. The van der Waals surface area contributed by atoms with Gasteiger partial charge in [-0.1, -0.05) is 51.7 Å². The first-order valence-corrected chi connectivity index (χ1v) is 10.1. The average molecular weight is 479 g/mol. The number of hydrogen-bond donors (Lipinski definition) is 1. The molecule has 1 aliphatic heterocycles. The minimum Gasteiger partial charge on any atom is -0.869 e. The van der Waals surface area contributed by atoms with Crippen LogP contribution in [0.15, 0.2) is 45.8 Å². The molecule has 144 valence electrons. The number of amides is 1. The molecule has 0 unspecified atom stereocenters. The molecule has 1 aliphatic rings. The standard InChI is InChI=1S/C19H14BrNO5S2/c1-2-26-14-7-10(6-13(20)16(14)22)8-15-17(23)21(19(27)28-15)12-5-3-4-11(9-12)18(24)25/h3-9,22H,2H2,1H3,(H,24,25)/p-1/b15-8-. The van der Waals surface area contributed by atoms with Crippen LogP contribution in [0.25, 0.3) is 6.08 Å². The Labute approximate surface area is 178 Å². The first-order valence-electron chi connectivity index (χ1n) is 8.06. The van der Waals surface area contributed by atoms with Crippen LogP contribution in [-0.2, 0) is 4.79 Å². The van der Waals surface area contributed by atoms with Crippen molar-refractivity contribution >= 4 is 67.9 Å². The summed E-state index contributed by atoms with van der Waals surface area (Å²) in [5.41, 5.74) is 1.05. The number of hydrogen-bond acceptors (Lipinski definition) is 6. The molecule has 1 N–H and O–H groups in total. The van der Waals surface area contributed by atoms with Crippen LogP contribution in [0.1, 0.15) is 22.8 Å². The summed E-state index contributed by atoms with van der Waals surface area (Å²) in [7, 11) is 0. The highest BCUT2D eigenvalue weighted by Crippen LogP contribution is 2.38. The maximum atomic E-state index is 12.9. The molecule has 0 aromatic heterocycles. The van der Waals surface area contributed by atoms with E-state index in [1.807, 2.05) is 0 Å². The minimum absolute atomic E-state index is 0.0619. The fourth-order valence-electron chi connectivity index (χ4n) is 2.55. The highest BCUT2D eigenvalue weighted by Gasteiger charge is 2.33. The Morgan fingerprint density at radius 3 is 2.82 bits per heavy atom. The monoisotopic (exact) mass is 478 g/mol.